The maximum Gasteiger partial charge on any atom is 0.0541 e. The van der Waals surface area contributed by atoms with Gasteiger partial charge in [-0.1, -0.05) is 28.1 Å². The van der Waals surface area contributed by atoms with Gasteiger partial charge in [0.05, 0.1) is 6.10 Å². The molecular formula is C14H20BrNO. The van der Waals surface area contributed by atoms with Gasteiger partial charge in [-0.15, -0.1) is 0 Å². The van der Waals surface area contributed by atoms with Gasteiger partial charge in [0.1, 0.15) is 0 Å². The monoisotopic (exact) mass is 297 g/mol. The molecule has 0 aliphatic heterocycles. The van der Waals surface area contributed by atoms with E-state index in [0.717, 1.165) is 30.2 Å². The summed E-state index contributed by atoms with van der Waals surface area (Å²) in [5.41, 5.74) is 1.31. The fraction of sp³-hybridized carbons (Fsp3) is 0.571. The lowest BCUT2D eigenvalue weighted by Crippen LogP contribution is -2.36. The molecule has 2 nitrogen and oxygen atoms in total. The van der Waals surface area contributed by atoms with Crippen LogP contribution in [0.5, 0.6) is 0 Å². The molecule has 94 valence electrons. The van der Waals surface area contributed by atoms with Gasteiger partial charge < -0.3 is 10.4 Å². The fourth-order valence-corrected chi connectivity index (χ4v) is 2.89. The van der Waals surface area contributed by atoms with Crippen LogP contribution in [0.3, 0.4) is 0 Å². The Morgan fingerprint density at radius 2 is 2.00 bits per heavy atom. The molecule has 2 N–H and O–H groups in total. The summed E-state index contributed by atoms with van der Waals surface area (Å²) in [7, 11) is 0. The maximum atomic E-state index is 9.48. The van der Waals surface area contributed by atoms with Crippen LogP contribution in [0.4, 0.5) is 0 Å². The largest absolute Gasteiger partial charge is 0.393 e. The Labute approximate surface area is 112 Å². The molecule has 0 amide bonds. The van der Waals surface area contributed by atoms with E-state index < -0.39 is 0 Å². The van der Waals surface area contributed by atoms with Crippen LogP contribution < -0.4 is 5.32 Å². The maximum absolute atomic E-state index is 9.48. The second kappa shape index (κ2) is 5.98. The van der Waals surface area contributed by atoms with E-state index in [4.69, 9.17) is 0 Å². The summed E-state index contributed by atoms with van der Waals surface area (Å²) >= 11 is 3.50. The van der Waals surface area contributed by atoms with E-state index in [1.54, 1.807) is 0 Å². The number of aliphatic hydroxyl groups is 1. The highest BCUT2D eigenvalue weighted by atomic mass is 79.9. The molecule has 1 unspecified atom stereocenters. The summed E-state index contributed by atoms with van der Waals surface area (Å²) in [4.78, 5) is 0. The topological polar surface area (TPSA) is 32.3 Å². The molecule has 1 fully saturated rings. The number of benzene rings is 1. The van der Waals surface area contributed by atoms with Gasteiger partial charge in [-0.3, -0.25) is 0 Å². The summed E-state index contributed by atoms with van der Waals surface area (Å²) in [6.45, 7) is 2.20. The zero-order valence-electron chi connectivity index (χ0n) is 10.2. The molecule has 1 saturated carbocycles. The predicted molar refractivity (Wildman–Crippen MR) is 74.0 cm³/mol. The van der Waals surface area contributed by atoms with Gasteiger partial charge in [-0.2, -0.15) is 0 Å². The van der Waals surface area contributed by atoms with Gasteiger partial charge in [0.25, 0.3) is 0 Å². The molecule has 1 aliphatic carbocycles. The van der Waals surface area contributed by atoms with Crippen LogP contribution in [0.25, 0.3) is 0 Å². The van der Waals surface area contributed by atoms with Crippen molar-refractivity contribution in [3.63, 3.8) is 0 Å². The van der Waals surface area contributed by atoms with Gasteiger partial charge in [-0.25, -0.2) is 0 Å². The van der Waals surface area contributed by atoms with Gasteiger partial charge >= 0.3 is 0 Å². The van der Waals surface area contributed by atoms with Crippen LogP contribution in [-0.2, 0) is 0 Å². The van der Waals surface area contributed by atoms with Gasteiger partial charge in [0.2, 0.25) is 0 Å². The molecule has 0 heterocycles. The Morgan fingerprint density at radius 1 is 1.29 bits per heavy atom. The first-order chi connectivity index (χ1) is 8.15. The predicted octanol–water partition coefficient (Wildman–Crippen LogP) is 3.40. The number of aliphatic hydroxyl groups excluding tert-OH is 1. The van der Waals surface area contributed by atoms with Crippen molar-refractivity contribution in [3.05, 3.63) is 34.3 Å². The molecule has 17 heavy (non-hydrogen) atoms. The second-order valence-electron chi connectivity index (χ2n) is 4.95. The summed E-state index contributed by atoms with van der Waals surface area (Å²) < 4.78 is 1.13. The quantitative estimate of drug-likeness (QED) is 0.896. The Kier molecular flexibility index (Phi) is 4.60. The van der Waals surface area contributed by atoms with Crippen molar-refractivity contribution >= 4 is 15.9 Å². The highest BCUT2D eigenvalue weighted by molar-refractivity contribution is 9.10. The number of hydrogen-bond donors (Lipinski definition) is 2. The van der Waals surface area contributed by atoms with E-state index in [9.17, 15) is 5.11 Å². The zero-order valence-corrected chi connectivity index (χ0v) is 11.8. The molecule has 1 aromatic rings. The first kappa shape index (κ1) is 13.1. The molecule has 0 spiro atoms. The Hall–Kier alpha value is -0.380. The highest BCUT2D eigenvalue weighted by Crippen LogP contribution is 2.23. The van der Waals surface area contributed by atoms with E-state index in [1.807, 2.05) is 6.07 Å². The molecule has 2 rings (SSSR count). The van der Waals surface area contributed by atoms with Crippen molar-refractivity contribution in [3.8, 4) is 0 Å². The lowest BCUT2D eigenvalue weighted by atomic mass is 9.92. The molecule has 0 radical (unpaired) electrons. The SMILES string of the molecule is CC(NC1CCC(O)CC1)c1cccc(Br)c1. The molecule has 1 aliphatic rings. The zero-order chi connectivity index (χ0) is 12.3. The normalized spacial score (nSPS) is 26.8. The van der Waals surface area contributed by atoms with Crippen molar-refractivity contribution < 1.29 is 5.11 Å². The van der Waals surface area contributed by atoms with E-state index in [-0.39, 0.29) is 6.10 Å². The number of halogens is 1. The minimum Gasteiger partial charge on any atom is -0.393 e. The Morgan fingerprint density at radius 3 is 2.65 bits per heavy atom. The third-order valence-electron chi connectivity index (χ3n) is 3.53. The van der Waals surface area contributed by atoms with E-state index >= 15 is 0 Å². The van der Waals surface area contributed by atoms with Gasteiger partial charge in [0.15, 0.2) is 0 Å². The Balaban J connectivity index is 1.90. The average molecular weight is 298 g/mol. The first-order valence-electron chi connectivity index (χ1n) is 6.34. The van der Waals surface area contributed by atoms with E-state index in [0.29, 0.717) is 12.1 Å². The second-order valence-corrected chi connectivity index (χ2v) is 5.86. The molecule has 1 aromatic carbocycles. The van der Waals surface area contributed by atoms with Crippen LogP contribution in [0.1, 0.15) is 44.2 Å². The first-order valence-corrected chi connectivity index (χ1v) is 7.14. The molecule has 0 saturated heterocycles. The highest BCUT2D eigenvalue weighted by Gasteiger charge is 2.20. The number of nitrogens with one attached hydrogen (secondary N) is 1. The van der Waals surface area contributed by atoms with Crippen LogP contribution in [0, 0.1) is 0 Å². The van der Waals surface area contributed by atoms with Crippen molar-refractivity contribution in [2.24, 2.45) is 0 Å². The van der Waals surface area contributed by atoms with Crippen LogP contribution in [0.15, 0.2) is 28.7 Å². The van der Waals surface area contributed by atoms with Crippen molar-refractivity contribution in [2.75, 3.05) is 0 Å². The van der Waals surface area contributed by atoms with Crippen molar-refractivity contribution in [1.82, 2.24) is 5.32 Å². The van der Waals surface area contributed by atoms with Crippen molar-refractivity contribution in [2.45, 2.75) is 50.8 Å². The van der Waals surface area contributed by atoms with E-state index in [2.05, 4.69) is 46.4 Å². The molecule has 1 atom stereocenters. The van der Waals surface area contributed by atoms with Crippen LogP contribution in [-0.4, -0.2) is 17.3 Å². The smallest absolute Gasteiger partial charge is 0.0541 e. The summed E-state index contributed by atoms with van der Waals surface area (Å²) in [5.74, 6) is 0. The molecule has 0 bridgehead atoms. The minimum absolute atomic E-state index is 0.0748. The van der Waals surface area contributed by atoms with Crippen LogP contribution >= 0.6 is 15.9 Å². The molecule has 0 aromatic heterocycles. The number of rotatable bonds is 3. The van der Waals surface area contributed by atoms with Crippen LogP contribution in [0.2, 0.25) is 0 Å². The van der Waals surface area contributed by atoms with Gasteiger partial charge in [0, 0.05) is 16.6 Å². The molecule has 3 heteroatoms. The summed E-state index contributed by atoms with van der Waals surface area (Å²) in [5, 5.41) is 13.1. The average Bonchev–Trinajstić information content (AvgIpc) is 2.32. The lowest BCUT2D eigenvalue weighted by molar-refractivity contribution is 0.114. The van der Waals surface area contributed by atoms with Gasteiger partial charge in [-0.05, 0) is 50.3 Å². The third kappa shape index (κ3) is 3.80. The summed E-state index contributed by atoms with van der Waals surface area (Å²) in [6, 6.07) is 9.35. The van der Waals surface area contributed by atoms with Crippen molar-refractivity contribution in [1.29, 1.82) is 0 Å². The molecular weight excluding hydrogens is 278 g/mol. The van der Waals surface area contributed by atoms with E-state index in [1.165, 1.54) is 5.56 Å². The minimum atomic E-state index is -0.0748. The standard InChI is InChI=1S/C14H20BrNO/c1-10(11-3-2-4-12(15)9-11)16-13-5-7-14(17)8-6-13/h2-4,9-10,13-14,16-17H,5-8H2,1H3. The fourth-order valence-electron chi connectivity index (χ4n) is 2.47. The Bertz CT molecular complexity index is 361. The third-order valence-corrected chi connectivity index (χ3v) is 4.02. The summed E-state index contributed by atoms with van der Waals surface area (Å²) in [6.07, 6.45) is 3.96. The lowest BCUT2D eigenvalue weighted by Gasteiger charge is -2.29. The number of hydrogen-bond acceptors (Lipinski definition) is 2.